The van der Waals surface area contributed by atoms with Crippen LogP contribution in [0.15, 0.2) is 18.3 Å². The zero-order valence-electron chi connectivity index (χ0n) is 10.7. The van der Waals surface area contributed by atoms with Crippen LogP contribution in [0, 0.1) is 0 Å². The largest absolute Gasteiger partial charge is 0.480 e. The molecule has 1 heterocycles. The number of aliphatic hydroxyl groups excluding tert-OH is 1. The number of methoxy groups -OCH3 is 1. The molecule has 0 atom stereocenters. The van der Waals surface area contributed by atoms with Gasteiger partial charge in [0.15, 0.2) is 0 Å². The normalized spacial score (nSPS) is 10.1. The van der Waals surface area contributed by atoms with E-state index in [4.69, 9.17) is 9.84 Å². The lowest BCUT2D eigenvalue weighted by molar-refractivity contribution is 0.0949. The van der Waals surface area contributed by atoms with E-state index in [1.54, 1.807) is 18.3 Å². The van der Waals surface area contributed by atoms with E-state index in [1.165, 1.54) is 7.11 Å². The summed E-state index contributed by atoms with van der Waals surface area (Å²) in [4.78, 5) is 15.8. The summed E-state index contributed by atoms with van der Waals surface area (Å²) < 4.78 is 5.03. The van der Waals surface area contributed by atoms with Crippen molar-refractivity contribution < 1.29 is 14.6 Å². The van der Waals surface area contributed by atoms with Gasteiger partial charge in [-0.3, -0.25) is 4.79 Å². The van der Waals surface area contributed by atoms with Gasteiger partial charge in [0.05, 0.1) is 7.11 Å². The van der Waals surface area contributed by atoms with Gasteiger partial charge in [0.2, 0.25) is 5.88 Å². The Morgan fingerprint density at radius 1 is 1.39 bits per heavy atom. The van der Waals surface area contributed by atoms with Gasteiger partial charge in [0.25, 0.3) is 5.91 Å². The summed E-state index contributed by atoms with van der Waals surface area (Å²) in [5.41, 5.74) is 0.454. The van der Waals surface area contributed by atoms with Crippen molar-refractivity contribution in [3.63, 3.8) is 0 Å². The lowest BCUT2D eigenvalue weighted by atomic mass is 10.2. The van der Waals surface area contributed by atoms with Crippen molar-refractivity contribution in [2.45, 2.75) is 25.7 Å². The van der Waals surface area contributed by atoms with Crippen LogP contribution in [0.5, 0.6) is 5.88 Å². The summed E-state index contributed by atoms with van der Waals surface area (Å²) >= 11 is 0. The molecule has 0 unspecified atom stereocenters. The number of carbonyl (C=O) groups excluding carboxylic acids is 1. The van der Waals surface area contributed by atoms with E-state index in [9.17, 15) is 4.79 Å². The van der Waals surface area contributed by atoms with E-state index < -0.39 is 0 Å². The molecule has 0 aliphatic rings. The van der Waals surface area contributed by atoms with Gasteiger partial charge in [-0.2, -0.15) is 0 Å². The van der Waals surface area contributed by atoms with Crippen molar-refractivity contribution >= 4 is 5.91 Å². The molecule has 18 heavy (non-hydrogen) atoms. The van der Waals surface area contributed by atoms with Crippen molar-refractivity contribution in [1.82, 2.24) is 10.3 Å². The second kappa shape index (κ2) is 8.47. The van der Waals surface area contributed by atoms with Gasteiger partial charge in [-0.15, -0.1) is 0 Å². The smallest absolute Gasteiger partial charge is 0.256 e. The summed E-state index contributed by atoms with van der Waals surface area (Å²) in [5, 5.41) is 11.5. The monoisotopic (exact) mass is 252 g/mol. The van der Waals surface area contributed by atoms with Crippen LogP contribution in [0.4, 0.5) is 0 Å². The van der Waals surface area contributed by atoms with Gasteiger partial charge in [-0.25, -0.2) is 4.98 Å². The molecule has 0 aromatic carbocycles. The van der Waals surface area contributed by atoms with E-state index in [1.807, 2.05) is 0 Å². The Kier molecular flexibility index (Phi) is 6.79. The van der Waals surface area contributed by atoms with E-state index in [-0.39, 0.29) is 12.5 Å². The lowest BCUT2D eigenvalue weighted by Crippen LogP contribution is -2.25. The maximum atomic E-state index is 11.8. The topological polar surface area (TPSA) is 71.5 Å². The quantitative estimate of drug-likeness (QED) is 0.685. The molecule has 5 heteroatoms. The van der Waals surface area contributed by atoms with Crippen LogP contribution < -0.4 is 10.1 Å². The number of rotatable bonds is 8. The highest BCUT2D eigenvalue weighted by Gasteiger charge is 2.11. The van der Waals surface area contributed by atoms with Crippen LogP contribution >= 0.6 is 0 Å². The number of unbranched alkanes of at least 4 members (excludes halogenated alkanes) is 3. The molecule has 1 rings (SSSR count). The Labute approximate surface area is 107 Å². The molecule has 0 radical (unpaired) electrons. The number of nitrogens with zero attached hydrogens (tertiary/aromatic N) is 1. The van der Waals surface area contributed by atoms with Crippen LogP contribution in [-0.2, 0) is 0 Å². The van der Waals surface area contributed by atoms with Crippen molar-refractivity contribution in [3.8, 4) is 5.88 Å². The summed E-state index contributed by atoms with van der Waals surface area (Å²) in [6, 6.07) is 3.39. The highest BCUT2D eigenvalue weighted by molar-refractivity contribution is 5.96. The summed E-state index contributed by atoms with van der Waals surface area (Å²) in [6.07, 6.45) is 5.32. The van der Waals surface area contributed by atoms with Crippen LogP contribution in [0.2, 0.25) is 0 Å². The number of hydrogen-bond acceptors (Lipinski definition) is 4. The van der Waals surface area contributed by atoms with Crippen molar-refractivity contribution in [3.05, 3.63) is 23.9 Å². The molecule has 1 aromatic rings. The molecule has 0 aliphatic heterocycles. The Balaban J connectivity index is 2.32. The molecule has 0 spiro atoms. The molecule has 0 aliphatic carbocycles. The zero-order chi connectivity index (χ0) is 13.2. The first-order valence-electron chi connectivity index (χ1n) is 6.17. The lowest BCUT2D eigenvalue weighted by Gasteiger charge is -2.07. The third-order valence-electron chi connectivity index (χ3n) is 2.58. The first-order chi connectivity index (χ1) is 8.79. The number of nitrogens with one attached hydrogen (secondary N) is 1. The fraction of sp³-hybridized carbons (Fsp3) is 0.538. The maximum absolute atomic E-state index is 11.8. The number of aromatic nitrogens is 1. The molecule has 1 amide bonds. The van der Waals surface area contributed by atoms with Gasteiger partial charge < -0.3 is 15.2 Å². The molecule has 0 saturated heterocycles. The molecule has 1 aromatic heterocycles. The van der Waals surface area contributed by atoms with Gasteiger partial charge >= 0.3 is 0 Å². The van der Waals surface area contributed by atoms with Crippen LogP contribution in [-0.4, -0.2) is 36.3 Å². The third kappa shape index (κ3) is 4.71. The third-order valence-corrected chi connectivity index (χ3v) is 2.58. The molecule has 0 bridgehead atoms. The number of amides is 1. The van der Waals surface area contributed by atoms with Crippen molar-refractivity contribution in [2.75, 3.05) is 20.3 Å². The van der Waals surface area contributed by atoms with Gasteiger partial charge in [-0.05, 0) is 25.0 Å². The number of pyridine rings is 1. The highest BCUT2D eigenvalue weighted by atomic mass is 16.5. The van der Waals surface area contributed by atoms with E-state index >= 15 is 0 Å². The van der Waals surface area contributed by atoms with Gasteiger partial charge in [-0.1, -0.05) is 12.8 Å². The van der Waals surface area contributed by atoms with E-state index in [0.29, 0.717) is 18.0 Å². The molecule has 0 fully saturated rings. The van der Waals surface area contributed by atoms with Crippen molar-refractivity contribution in [2.24, 2.45) is 0 Å². The van der Waals surface area contributed by atoms with Crippen LogP contribution in [0.3, 0.4) is 0 Å². The Morgan fingerprint density at radius 2 is 2.17 bits per heavy atom. The second-order valence-corrected chi connectivity index (χ2v) is 3.95. The minimum atomic E-state index is -0.165. The van der Waals surface area contributed by atoms with E-state index in [2.05, 4.69) is 10.3 Å². The molecular weight excluding hydrogens is 232 g/mol. The molecule has 5 nitrogen and oxygen atoms in total. The maximum Gasteiger partial charge on any atom is 0.256 e. The molecule has 100 valence electrons. The van der Waals surface area contributed by atoms with E-state index in [0.717, 1.165) is 25.7 Å². The standard InChI is InChI=1S/C13H20N2O3/c1-18-13-11(7-6-9-15-13)12(17)14-8-4-2-3-5-10-16/h6-7,9,16H,2-5,8,10H2,1H3,(H,14,17). The second-order valence-electron chi connectivity index (χ2n) is 3.95. The minimum Gasteiger partial charge on any atom is -0.480 e. The average molecular weight is 252 g/mol. The van der Waals surface area contributed by atoms with Crippen LogP contribution in [0.25, 0.3) is 0 Å². The predicted molar refractivity (Wildman–Crippen MR) is 68.7 cm³/mol. The highest BCUT2D eigenvalue weighted by Crippen LogP contribution is 2.12. The number of carbonyl (C=O) groups is 1. The number of aliphatic hydroxyl groups is 1. The average Bonchev–Trinajstić information content (AvgIpc) is 2.42. The molecular formula is C13H20N2O3. The zero-order valence-corrected chi connectivity index (χ0v) is 10.7. The van der Waals surface area contributed by atoms with Crippen LogP contribution in [0.1, 0.15) is 36.0 Å². The summed E-state index contributed by atoms with van der Waals surface area (Å²) in [7, 11) is 1.49. The molecule has 0 saturated carbocycles. The fourth-order valence-corrected chi connectivity index (χ4v) is 1.61. The SMILES string of the molecule is COc1ncccc1C(=O)NCCCCCCO. The molecule has 2 N–H and O–H groups in total. The number of hydrogen-bond donors (Lipinski definition) is 2. The first kappa shape index (κ1) is 14.4. The Morgan fingerprint density at radius 3 is 2.89 bits per heavy atom. The van der Waals surface area contributed by atoms with Gasteiger partial charge in [0, 0.05) is 19.3 Å². The van der Waals surface area contributed by atoms with Crippen molar-refractivity contribution in [1.29, 1.82) is 0 Å². The van der Waals surface area contributed by atoms with Gasteiger partial charge in [0.1, 0.15) is 5.56 Å². The summed E-state index contributed by atoms with van der Waals surface area (Å²) in [6.45, 7) is 0.863. The Bertz CT molecular complexity index is 369. The number of ether oxygens (including phenoxy) is 1. The summed E-state index contributed by atoms with van der Waals surface area (Å²) in [5.74, 6) is 0.178. The first-order valence-corrected chi connectivity index (χ1v) is 6.17. The fourth-order valence-electron chi connectivity index (χ4n) is 1.61. The predicted octanol–water partition coefficient (Wildman–Crippen LogP) is 1.37. The minimum absolute atomic E-state index is 0.165. The Hall–Kier alpha value is -1.62.